The Morgan fingerprint density at radius 1 is 0.917 bits per heavy atom. The van der Waals surface area contributed by atoms with Gasteiger partial charge in [0.25, 0.3) is 0 Å². The van der Waals surface area contributed by atoms with E-state index in [9.17, 15) is 9.90 Å². The summed E-state index contributed by atoms with van der Waals surface area (Å²) < 4.78 is 0. The molecule has 4 nitrogen and oxygen atoms in total. The predicted octanol–water partition coefficient (Wildman–Crippen LogP) is 4.80. The fraction of sp³-hybridized carbons (Fsp3) is 0.950. The molecule has 1 atom stereocenters. The summed E-state index contributed by atoms with van der Waals surface area (Å²) >= 11 is 0. The van der Waals surface area contributed by atoms with Gasteiger partial charge in [-0.1, -0.05) is 71.1 Å². The minimum atomic E-state index is -0.686. The van der Waals surface area contributed by atoms with Crippen molar-refractivity contribution in [3.05, 3.63) is 0 Å². The lowest BCUT2D eigenvalue weighted by Gasteiger charge is -2.33. The maximum atomic E-state index is 10.9. The molecule has 0 aromatic heterocycles. The summed E-state index contributed by atoms with van der Waals surface area (Å²) in [4.78, 5) is 13.0. The first kappa shape index (κ1) is 21.4. The van der Waals surface area contributed by atoms with Gasteiger partial charge in [0.1, 0.15) is 6.23 Å². The molecule has 2 N–H and O–H groups in total. The SMILES string of the molecule is CCCCCCCCCCCCCC(O)N1CCC(C(=O)O)CC1. The quantitative estimate of drug-likeness (QED) is 0.445. The molecule has 0 bridgehead atoms. The molecule has 1 rings (SSSR count). The number of piperidine rings is 1. The van der Waals surface area contributed by atoms with E-state index in [2.05, 4.69) is 11.8 Å². The van der Waals surface area contributed by atoms with Crippen molar-refractivity contribution in [3.63, 3.8) is 0 Å². The molecular formula is C20H39NO3. The molecule has 0 aromatic carbocycles. The number of hydrogen-bond acceptors (Lipinski definition) is 3. The van der Waals surface area contributed by atoms with Crippen molar-refractivity contribution in [2.45, 2.75) is 103 Å². The van der Waals surface area contributed by atoms with E-state index in [1.54, 1.807) is 0 Å². The fourth-order valence-corrected chi connectivity index (χ4v) is 3.62. The molecule has 142 valence electrons. The first-order valence-corrected chi connectivity index (χ1v) is 10.3. The topological polar surface area (TPSA) is 60.8 Å². The number of hydrogen-bond donors (Lipinski definition) is 2. The van der Waals surface area contributed by atoms with Gasteiger partial charge in [-0.15, -0.1) is 0 Å². The van der Waals surface area contributed by atoms with Gasteiger partial charge in [0, 0.05) is 13.1 Å². The third-order valence-electron chi connectivity index (χ3n) is 5.37. The highest BCUT2D eigenvalue weighted by Gasteiger charge is 2.27. The predicted molar refractivity (Wildman–Crippen MR) is 99.0 cm³/mol. The number of likely N-dealkylation sites (tertiary alicyclic amines) is 1. The molecule has 1 aliphatic heterocycles. The van der Waals surface area contributed by atoms with Crippen LogP contribution in [0.25, 0.3) is 0 Å². The Hall–Kier alpha value is -0.610. The normalized spacial score (nSPS) is 17.9. The van der Waals surface area contributed by atoms with Crippen LogP contribution in [0, 0.1) is 5.92 Å². The van der Waals surface area contributed by atoms with Crippen LogP contribution in [-0.2, 0) is 4.79 Å². The lowest BCUT2D eigenvalue weighted by Crippen LogP contribution is -2.42. The Bertz CT molecular complexity index is 314. The molecule has 0 aliphatic carbocycles. The smallest absolute Gasteiger partial charge is 0.306 e. The number of aliphatic hydroxyl groups excluding tert-OH is 1. The van der Waals surface area contributed by atoms with E-state index in [1.807, 2.05) is 0 Å². The minimum absolute atomic E-state index is 0.213. The average molecular weight is 342 g/mol. The Balaban J connectivity index is 1.90. The second-order valence-corrected chi connectivity index (χ2v) is 7.45. The van der Waals surface area contributed by atoms with Crippen LogP contribution in [-0.4, -0.2) is 40.4 Å². The standard InChI is InChI=1S/C20H39NO3/c1-2-3-4-5-6-7-8-9-10-11-12-13-19(22)21-16-14-18(15-17-21)20(23)24/h18-19,22H,2-17H2,1H3,(H,23,24). The lowest BCUT2D eigenvalue weighted by atomic mass is 9.96. The average Bonchev–Trinajstić information content (AvgIpc) is 2.59. The van der Waals surface area contributed by atoms with Crippen molar-refractivity contribution >= 4 is 5.97 Å². The second kappa shape index (κ2) is 13.7. The molecule has 0 radical (unpaired) electrons. The second-order valence-electron chi connectivity index (χ2n) is 7.45. The summed E-state index contributed by atoms with van der Waals surface area (Å²) in [5, 5.41) is 19.2. The lowest BCUT2D eigenvalue weighted by molar-refractivity contribution is -0.144. The summed E-state index contributed by atoms with van der Waals surface area (Å²) in [6, 6.07) is 0. The first-order valence-electron chi connectivity index (χ1n) is 10.3. The molecule has 0 saturated carbocycles. The van der Waals surface area contributed by atoms with Crippen molar-refractivity contribution in [3.8, 4) is 0 Å². The van der Waals surface area contributed by atoms with E-state index >= 15 is 0 Å². The van der Waals surface area contributed by atoms with Crippen LogP contribution >= 0.6 is 0 Å². The molecule has 0 aromatic rings. The maximum Gasteiger partial charge on any atom is 0.306 e. The van der Waals surface area contributed by atoms with Crippen molar-refractivity contribution in [2.75, 3.05) is 13.1 Å². The fourth-order valence-electron chi connectivity index (χ4n) is 3.62. The maximum absolute atomic E-state index is 10.9. The van der Waals surface area contributed by atoms with E-state index in [-0.39, 0.29) is 12.1 Å². The van der Waals surface area contributed by atoms with Gasteiger partial charge in [-0.05, 0) is 25.7 Å². The number of aliphatic hydroxyl groups is 1. The molecule has 24 heavy (non-hydrogen) atoms. The van der Waals surface area contributed by atoms with Gasteiger partial charge in [-0.3, -0.25) is 9.69 Å². The minimum Gasteiger partial charge on any atom is -0.481 e. The van der Waals surface area contributed by atoms with Crippen LogP contribution in [0.3, 0.4) is 0 Å². The van der Waals surface area contributed by atoms with Crippen molar-refractivity contribution in [1.82, 2.24) is 4.90 Å². The Labute approximate surface area is 148 Å². The van der Waals surface area contributed by atoms with Gasteiger partial charge < -0.3 is 10.2 Å². The molecule has 1 aliphatic rings. The Morgan fingerprint density at radius 3 is 1.83 bits per heavy atom. The van der Waals surface area contributed by atoms with Crippen LogP contribution < -0.4 is 0 Å². The number of rotatable bonds is 14. The van der Waals surface area contributed by atoms with E-state index in [0.29, 0.717) is 12.8 Å². The van der Waals surface area contributed by atoms with Gasteiger partial charge in [0.05, 0.1) is 5.92 Å². The van der Waals surface area contributed by atoms with Gasteiger partial charge >= 0.3 is 5.97 Å². The zero-order valence-electron chi connectivity index (χ0n) is 15.7. The Morgan fingerprint density at radius 2 is 1.38 bits per heavy atom. The van der Waals surface area contributed by atoms with Crippen LogP contribution in [0.2, 0.25) is 0 Å². The Kier molecular flexibility index (Phi) is 12.2. The van der Waals surface area contributed by atoms with Crippen molar-refractivity contribution in [1.29, 1.82) is 0 Å². The molecule has 0 amide bonds. The molecule has 1 fully saturated rings. The third kappa shape index (κ3) is 9.63. The third-order valence-corrected chi connectivity index (χ3v) is 5.37. The highest BCUT2D eigenvalue weighted by atomic mass is 16.4. The zero-order chi connectivity index (χ0) is 17.6. The highest BCUT2D eigenvalue weighted by Crippen LogP contribution is 2.20. The number of aliphatic carboxylic acids is 1. The molecule has 1 unspecified atom stereocenters. The largest absolute Gasteiger partial charge is 0.481 e. The van der Waals surface area contributed by atoms with Crippen molar-refractivity contribution < 1.29 is 15.0 Å². The molecule has 1 saturated heterocycles. The molecular weight excluding hydrogens is 302 g/mol. The van der Waals surface area contributed by atoms with Crippen LogP contribution in [0.5, 0.6) is 0 Å². The van der Waals surface area contributed by atoms with E-state index in [1.165, 1.54) is 64.2 Å². The van der Waals surface area contributed by atoms with Crippen molar-refractivity contribution in [2.24, 2.45) is 5.92 Å². The highest BCUT2D eigenvalue weighted by molar-refractivity contribution is 5.70. The number of carbonyl (C=O) groups is 1. The van der Waals surface area contributed by atoms with Crippen LogP contribution in [0.15, 0.2) is 0 Å². The van der Waals surface area contributed by atoms with Gasteiger partial charge in [0.15, 0.2) is 0 Å². The van der Waals surface area contributed by atoms with Crippen LogP contribution in [0.4, 0.5) is 0 Å². The summed E-state index contributed by atoms with van der Waals surface area (Å²) in [7, 11) is 0. The summed E-state index contributed by atoms with van der Waals surface area (Å²) in [5.74, 6) is -0.898. The van der Waals surface area contributed by atoms with E-state index in [0.717, 1.165) is 25.9 Å². The van der Waals surface area contributed by atoms with Gasteiger partial charge in [-0.25, -0.2) is 0 Å². The van der Waals surface area contributed by atoms with E-state index in [4.69, 9.17) is 5.11 Å². The first-order chi connectivity index (χ1) is 11.6. The number of unbranched alkanes of at least 4 members (excludes halogenated alkanes) is 10. The number of nitrogens with zero attached hydrogens (tertiary/aromatic N) is 1. The summed E-state index contributed by atoms with van der Waals surface area (Å²) in [6.07, 6.45) is 16.3. The zero-order valence-corrected chi connectivity index (χ0v) is 15.7. The number of carboxylic acids is 1. The molecule has 0 spiro atoms. The van der Waals surface area contributed by atoms with Gasteiger partial charge in [0.2, 0.25) is 0 Å². The van der Waals surface area contributed by atoms with Crippen LogP contribution in [0.1, 0.15) is 96.8 Å². The number of carboxylic acid groups (broad SMARTS) is 1. The summed E-state index contributed by atoms with van der Waals surface area (Å²) in [5.41, 5.74) is 0. The molecule has 4 heteroatoms. The van der Waals surface area contributed by atoms with E-state index < -0.39 is 5.97 Å². The summed E-state index contributed by atoms with van der Waals surface area (Å²) in [6.45, 7) is 3.70. The van der Waals surface area contributed by atoms with Gasteiger partial charge in [-0.2, -0.15) is 0 Å². The molecule has 1 heterocycles. The monoisotopic (exact) mass is 341 g/mol.